The quantitative estimate of drug-likeness (QED) is 0.454. The first-order valence-corrected chi connectivity index (χ1v) is 11.3. The fourth-order valence-electron chi connectivity index (χ4n) is 4.18. The average Bonchev–Trinajstić information content (AvgIpc) is 3.12. The molecule has 2 amide bonds. The molecule has 1 aliphatic carbocycles. The molecule has 3 N–H and O–H groups in total. The van der Waals surface area contributed by atoms with Crippen LogP contribution in [0.1, 0.15) is 43.2 Å². The Morgan fingerprint density at radius 3 is 2.11 bits per heavy atom. The van der Waals surface area contributed by atoms with Crippen molar-refractivity contribution in [3.8, 4) is 11.1 Å². The van der Waals surface area contributed by atoms with Gasteiger partial charge in [-0.1, -0.05) is 61.9 Å². The van der Waals surface area contributed by atoms with E-state index in [1.165, 1.54) is 0 Å². The molecule has 0 saturated heterocycles. The standard InChI is InChI=1S/C25H27F3N2O5/c1-2-15(11-22(31)30-21(23(32)33)12-25(26,27)28)13-29-24(34)35-14-20-18-9-5-3-7-16(18)17-8-4-6-10-19(17)20/h3-10,15,20-21H,2,11-14H2,1H3,(H,29,34)(H,30,31)(H,32,33). The summed E-state index contributed by atoms with van der Waals surface area (Å²) in [6, 6.07) is 13.7. The maximum Gasteiger partial charge on any atom is 0.407 e. The molecule has 0 spiro atoms. The molecule has 7 nitrogen and oxygen atoms in total. The maximum absolute atomic E-state index is 12.5. The van der Waals surface area contributed by atoms with Gasteiger partial charge in [0.25, 0.3) is 0 Å². The molecule has 0 saturated carbocycles. The molecule has 3 rings (SSSR count). The second-order valence-electron chi connectivity index (χ2n) is 8.46. The number of carbonyl (C=O) groups excluding carboxylic acids is 2. The van der Waals surface area contributed by atoms with E-state index >= 15 is 0 Å². The Labute approximate surface area is 200 Å². The molecule has 188 valence electrons. The molecule has 10 heteroatoms. The van der Waals surface area contributed by atoms with Crippen LogP contribution in [-0.2, 0) is 14.3 Å². The molecular weight excluding hydrogens is 465 g/mol. The van der Waals surface area contributed by atoms with Gasteiger partial charge in [0.15, 0.2) is 0 Å². The summed E-state index contributed by atoms with van der Waals surface area (Å²) in [6.07, 6.45) is -6.86. The number of hydrogen-bond acceptors (Lipinski definition) is 4. The molecule has 35 heavy (non-hydrogen) atoms. The van der Waals surface area contributed by atoms with Crippen molar-refractivity contribution in [2.24, 2.45) is 5.92 Å². The summed E-state index contributed by atoms with van der Waals surface area (Å²) in [5.41, 5.74) is 4.33. The fourth-order valence-corrected chi connectivity index (χ4v) is 4.18. The number of benzene rings is 2. The summed E-state index contributed by atoms with van der Waals surface area (Å²) in [6.45, 7) is 1.92. The highest BCUT2D eigenvalue weighted by atomic mass is 19.4. The number of fused-ring (bicyclic) bond motifs is 3. The number of halogens is 3. The Kier molecular flexibility index (Phi) is 8.37. The van der Waals surface area contributed by atoms with E-state index in [0.29, 0.717) is 6.42 Å². The van der Waals surface area contributed by atoms with Gasteiger partial charge in [-0.15, -0.1) is 0 Å². The Hall–Kier alpha value is -3.56. The van der Waals surface area contributed by atoms with Gasteiger partial charge in [0.2, 0.25) is 5.91 Å². The van der Waals surface area contributed by atoms with Crippen molar-refractivity contribution in [2.45, 2.75) is 44.3 Å². The highest BCUT2D eigenvalue weighted by molar-refractivity contribution is 5.83. The lowest BCUT2D eigenvalue weighted by molar-refractivity contribution is -0.160. The third-order valence-corrected chi connectivity index (χ3v) is 6.00. The van der Waals surface area contributed by atoms with E-state index in [1.807, 2.05) is 53.8 Å². The Morgan fingerprint density at radius 1 is 1.03 bits per heavy atom. The predicted molar refractivity (Wildman–Crippen MR) is 122 cm³/mol. The van der Waals surface area contributed by atoms with Crippen LogP contribution in [-0.4, -0.2) is 48.4 Å². The molecule has 0 radical (unpaired) electrons. The lowest BCUT2D eigenvalue weighted by atomic mass is 9.98. The third kappa shape index (κ3) is 6.97. The van der Waals surface area contributed by atoms with Crippen LogP contribution < -0.4 is 10.6 Å². The minimum absolute atomic E-state index is 0.0532. The smallest absolute Gasteiger partial charge is 0.407 e. The zero-order chi connectivity index (χ0) is 25.6. The Bertz CT molecular complexity index is 1030. The van der Waals surface area contributed by atoms with Crippen molar-refractivity contribution in [1.29, 1.82) is 0 Å². The van der Waals surface area contributed by atoms with E-state index in [2.05, 4.69) is 5.32 Å². The van der Waals surface area contributed by atoms with E-state index in [9.17, 15) is 27.6 Å². The van der Waals surface area contributed by atoms with Crippen molar-refractivity contribution in [3.63, 3.8) is 0 Å². The molecule has 1 aliphatic rings. The van der Waals surface area contributed by atoms with Gasteiger partial charge in [0.05, 0.1) is 6.42 Å². The van der Waals surface area contributed by atoms with Gasteiger partial charge in [0.1, 0.15) is 12.6 Å². The molecule has 0 heterocycles. The molecule has 2 aromatic carbocycles. The number of alkyl halides is 3. The highest BCUT2D eigenvalue weighted by Crippen LogP contribution is 2.44. The van der Waals surface area contributed by atoms with Gasteiger partial charge in [-0.3, -0.25) is 4.79 Å². The van der Waals surface area contributed by atoms with Crippen molar-refractivity contribution in [3.05, 3.63) is 59.7 Å². The minimum atomic E-state index is -4.73. The van der Waals surface area contributed by atoms with Crippen molar-refractivity contribution >= 4 is 18.0 Å². The maximum atomic E-state index is 12.5. The van der Waals surface area contributed by atoms with Gasteiger partial charge >= 0.3 is 18.2 Å². The highest BCUT2D eigenvalue weighted by Gasteiger charge is 2.36. The third-order valence-electron chi connectivity index (χ3n) is 6.00. The molecule has 2 atom stereocenters. The largest absolute Gasteiger partial charge is 0.480 e. The van der Waals surface area contributed by atoms with Crippen molar-refractivity contribution in [2.75, 3.05) is 13.2 Å². The summed E-state index contributed by atoms with van der Waals surface area (Å²) < 4.78 is 43.0. The average molecular weight is 492 g/mol. The van der Waals surface area contributed by atoms with Crippen LogP contribution in [0.15, 0.2) is 48.5 Å². The molecule has 0 bridgehead atoms. The summed E-state index contributed by atoms with van der Waals surface area (Å²) in [7, 11) is 0. The van der Waals surface area contributed by atoms with Gasteiger partial charge in [0, 0.05) is 18.9 Å². The van der Waals surface area contributed by atoms with Gasteiger partial charge < -0.3 is 20.5 Å². The second kappa shape index (κ2) is 11.2. The van der Waals surface area contributed by atoms with Crippen molar-refractivity contribution in [1.82, 2.24) is 10.6 Å². The number of carbonyl (C=O) groups is 3. The molecule has 0 fully saturated rings. The number of alkyl carbamates (subject to hydrolysis) is 1. The van der Waals surface area contributed by atoms with Crippen LogP contribution in [0.4, 0.5) is 18.0 Å². The fraction of sp³-hybridized carbons (Fsp3) is 0.400. The zero-order valence-corrected chi connectivity index (χ0v) is 19.1. The number of nitrogens with one attached hydrogen (secondary N) is 2. The molecule has 2 unspecified atom stereocenters. The number of amides is 2. The van der Waals surface area contributed by atoms with Crippen LogP contribution >= 0.6 is 0 Å². The SMILES string of the molecule is CCC(CNC(=O)OCC1c2ccccc2-c2ccccc21)CC(=O)NC(CC(F)(F)F)C(=O)O. The number of carboxylic acid groups (broad SMARTS) is 1. The lowest BCUT2D eigenvalue weighted by Gasteiger charge is -2.20. The molecule has 0 aliphatic heterocycles. The van der Waals surface area contributed by atoms with E-state index in [0.717, 1.165) is 22.3 Å². The summed E-state index contributed by atoms with van der Waals surface area (Å²) >= 11 is 0. The van der Waals surface area contributed by atoms with Crippen LogP contribution in [0.3, 0.4) is 0 Å². The van der Waals surface area contributed by atoms with Crippen molar-refractivity contribution < 1.29 is 37.4 Å². The second-order valence-corrected chi connectivity index (χ2v) is 8.46. The lowest BCUT2D eigenvalue weighted by Crippen LogP contribution is -2.44. The normalized spacial score (nSPS) is 14.4. The predicted octanol–water partition coefficient (Wildman–Crippen LogP) is 4.46. The van der Waals surface area contributed by atoms with Crippen LogP contribution in [0.2, 0.25) is 0 Å². The minimum Gasteiger partial charge on any atom is -0.480 e. The van der Waals surface area contributed by atoms with Crippen LogP contribution in [0.5, 0.6) is 0 Å². The number of aliphatic carboxylic acids is 1. The summed E-state index contributed by atoms with van der Waals surface area (Å²) in [5, 5.41) is 13.4. The Balaban J connectivity index is 1.50. The molecule has 2 aromatic rings. The number of carboxylic acids is 1. The first kappa shape index (κ1) is 26.1. The number of hydrogen-bond donors (Lipinski definition) is 3. The Morgan fingerprint density at radius 2 is 1.60 bits per heavy atom. The zero-order valence-electron chi connectivity index (χ0n) is 19.1. The van der Waals surface area contributed by atoms with E-state index in [1.54, 1.807) is 6.92 Å². The number of rotatable bonds is 10. The van der Waals surface area contributed by atoms with Crippen LogP contribution in [0, 0.1) is 5.92 Å². The first-order valence-electron chi connectivity index (χ1n) is 11.3. The molecular formula is C25H27F3N2O5. The van der Waals surface area contributed by atoms with Gasteiger partial charge in [-0.2, -0.15) is 13.2 Å². The molecule has 0 aromatic heterocycles. The summed E-state index contributed by atoms with van der Waals surface area (Å²) in [4.78, 5) is 35.5. The number of ether oxygens (including phenoxy) is 1. The van der Waals surface area contributed by atoms with Gasteiger partial charge in [-0.05, 0) is 28.2 Å². The van der Waals surface area contributed by atoms with E-state index < -0.39 is 42.5 Å². The summed E-state index contributed by atoms with van der Waals surface area (Å²) in [5.74, 6) is -3.11. The van der Waals surface area contributed by atoms with E-state index in [-0.39, 0.29) is 25.5 Å². The van der Waals surface area contributed by atoms with Crippen LogP contribution in [0.25, 0.3) is 11.1 Å². The first-order chi connectivity index (χ1) is 16.6. The van der Waals surface area contributed by atoms with Gasteiger partial charge in [-0.25, -0.2) is 9.59 Å². The van der Waals surface area contributed by atoms with E-state index in [4.69, 9.17) is 9.84 Å². The topological polar surface area (TPSA) is 105 Å². The monoisotopic (exact) mass is 492 g/mol.